The summed E-state index contributed by atoms with van der Waals surface area (Å²) in [5, 5.41) is 10.8. The van der Waals surface area contributed by atoms with Crippen LogP contribution >= 0.6 is 15.9 Å². The summed E-state index contributed by atoms with van der Waals surface area (Å²) in [6.07, 6.45) is 0.730. The van der Waals surface area contributed by atoms with Gasteiger partial charge in [-0.3, -0.25) is 4.79 Å². The van der Waals surface area contributed by atoms with Gasteiger partial charge >= 0.3 is 0 Å². The van der Waals surface area contributed by atoms with E-state index in [2.05, 4.69) is 28.1 Å². The van der Waals surface area contributed by atoms with Crippen LogP contribution in [0.4, 0.5) is 0 Å². The van der Waals surface area contributed by atoms with Crippen molar-refractivity contribution in [3.05, 3.63) is 111 Å². The second kappa shape index (κ2) is 8.26. The normalized spacial score (nSPS) is 16.6. The number of carbonyl (C=O) groups excluding carboxylic acids is 1. The lowest BCUT2D eigenvalue weighted by Gasteiger charge is -2.27. The number of carbonyl (C=O) groups is 1. The lowest BCUT2D eigenvalue weighted by molar-refractivity contribution is -0.129. The molecule has 0 spiro atoms. The Kier molecular flexibility index (Phi) is 5.54. The maximum absolute atomic E-state index is 13.0. The molecule has 3 nitrogen and oxygen atoms in total. The Hall–Kier alpha value is -2.85. The van der Waals surface area contributed by atoms with E-state index in [0.29, 0.717) is 12.1 Å². The largest absolute Gasteiger partial charge is 0.503 e. The van der Waals surface area contributed by atoms with Crippen molar-refractivity contribution in [3.63, 3.8) is 0 Å². The van der Waals surface area contributed by atoms with Gasteiger partial charge in [-0.15, -0.1) is 0 Å². The number of aliphatic hydroxyl groups is 1. The van der Waals surface area contributed by atoms with Gasteiger partial charge in [0.2, 0.25) is 0 Å². The van der Waals surface area contributed by atoms with Gasteiger partial charge in [0.15, 0.2) is 5.76 Å². The Balaban J connectivity index is 1.73. The molecular formula is C25H22BrNO2. The second-order valence-electron chi connectivity index (χ2n) is 7.32. The first-order chi connectivity index (χ1) is 14.0. The SMILES string of the molecule is Cc1ccc(C2=C(O)C(=O)N(CCc3ccccc3)[C@H]2c2ccc(Br)cc2)cc1. The van der Waals surface area contributed by atoms with Gasteiger partial charge in [0.1, 0.15) is 0 Å². The predicted molar refractivity (Wildman–Crippen MR) is 119 cm³/mol. The van der Waals surface area contributed by atoms with Crippen molar-refractivity contribution in [3.8, 4) is 0 Å². The maximum atomic E-state index is 13.0. The summed E-state index contributed by atoms with van der Waals surface area (Å²) in [7, 11) is 0. The molecule has 4 rings (SSSR count). The minimum absolute atomic E-state index is 0.158. The third-order valence-electron chi connectivity index (χ3n) is 5.34. The van der Waals surface area contributed by atoms with Crippen LogP contribution in [0.2, 0.25) is 0 Å². The van der Waals surface area contributed by atoms with Crippen LogP contribution in [0.25, 0.3) is 5.57 Å². The lowest BCUT2D eigenvalue weighted by Crippen LogP contribution is -2.32. The zero-order valence-corrected chi connectivity index (χ0v) is 17.8. The molecule has 1 heterocycles. The van der Waals surface area contributed by atoms with Gasteiger partial charge in [0, 0.05) is 16.6 Å². The summed E-state index contributed by atoms with van der Waals surface area (Å²) in [4.78, 5) is 14.8. The summed E-state index contributed by atoms with van der Waals surface area (Å²) in [6, 6.07) is 25.7. The van der Waals surface area contributed by atoms with Crippen LogP contribution in [0.5, 0.6) is 0 Å². The quantitative estimate of drug-likeness (QED) is 0.532. The molecule has 1 atom stereocenters. The molecule has 1 N–H and O–H groups in total. The fraction of sp³-hybridized carbons (Fsp3) is 0.160. The summed E-state index contributed by atoms with van der Waals surface area (Å²) < 4.78 is 0.978. The average molecular weight is 448 g/mol. The highest BCUT2D eigenvalue weighted by Crippen LogP contribution is 2.43. The Labute approximate surface area is 179 Å². The van der Waals surface area contributed by atoms with E-state index in [9.17, 15) is 9.90 Å². The van der Waals surface area contributed by atoms with Gasteiger partial charge in [-0.1, -0.05) is 88.2 Å². The Morgan fingerprint density at radius 1 is 0.931 bits per heavy atom. The Bertz CT molecular complexity index is 1040. The topological polar surface area (TPSA) is 40.5 Å². The molecule has 0 bridgehead atoms. The summed E-state index contributed by atoms with van der Waals surface area (Å²) >= 11 is 3.48. The summed E-state index contributed by atoms with van der Waals surface area (Å²) in [6.45, 7) is 2.55. The highest BCUT2D eigenvalue weighted by Gasteiger charge is 2.40. The number of nitrogens with zero attached hydrogens (tertiary/aromatic N) is 1. The fourth-order valence-electron chi connectivity index (χ4n) is 3.80. The van der Waals surface area contributed by atoms with Crippen LogP contribution in [0.1, 0.15) is 28.3 Å². The van der Waals surface area contributed by atoms with Crippen LogP contribution in [0, 0.1) is 6.92 Å². The van der Waals surface area contributed by atoms with Crippen molar-refractivity contribution < 1.29 is 9.90 Å². The number of aryl methyl sites for hydroxylation is 1. The molecule has 0 aromatic heterocycles. The van der Waals surface area contributed by atoms with Crippen molar-refractivity contribution >= 4 is 27.4 Å². The molecule has 3 aromatic rings. The molecule has 0 unspecified atom stereocenters. The molecular weight excluding hydrogens is 426 g/mol. The van der Waals surface area contributed by atoms with Crippen LogP contribution < -0.4 is 0 Å². The third-order valence-corrected chi connectivity index (χ3v) is 5.86. The molecule has 0 fully saturated rings. The number of amides is 1. The number of rotatable bonds is 5. The Morgan fingerprint density at radius 2 is 1.59 bits per heavy atom. The van der Waals surface area contributed by atoms with E-state index >= 15 is 0 Å². The molecule has 4 heteroatoms. The zero-order chi connectivity index (χ0) is 20.4. The maximum Gasteiger partial charge on any atom is 0.289 e. The standard InChI is InChI=1S/C25H22BrNO2/c1-17-7-9-19(10-8-17)22-23(20-11-13-21(26)14-12-20)27(25(29)24(22)28)16-15-18-5-3-2-4-6-18/h2-14,23,28H,15-16H2,1H3/t23-/m0/s1. The third kappa shape index (κ3) is 3.99. The first kappa shape index (κ1) is 19.5. The molecule has 1 aliphatic heterocycles. The van der Waals surface area contributed by atoms with Crippen molar-refractivity contribution in [2.75, 3.05) is 6.54 Å². The molecule has 1 aliphatic rings. The van der Waals surface area contributed by atoms with Crippen molar-refractivity contribution in [2.24, 2.45) is 0 Å². The number of hydrogen-bond acceptors (Lipinski definition) is 2. The number of hydrogen-bond donors (Lipinski definition) is 1. The molecule has 0 saturated heterocycles. The lowest BCUT2D eigenvalue weighted by atomic mass is 9.93. The summed E-state index contributed by atoms with van der Waals surface area (Å²) in [5.74, 6) is -0.473. The van der Waals surface area contributed by atoms with E-state index in [0.717, 1.165) is 33.1 Å². The van der Waals surface area contributed by atoms with E-state index in [1.165, 1.54) is 0 Å². The molecule has 3 aromatic carbocycles. The molecule has 0 saturated carbocycles. The highest BCUT2D eigenvalue weighted by molar-refractivity contribution is 9.10. The zero-order valence-electron chi connectivity index (χ0n) is 16.2. The van der Waals surface area contributed by atoms with Gasteiger partial charge in [-0.25, -0.2) is 0 Å². The van der Waals surface area contributed by atoms with Gasteiger partial charge in [0.25, 0.3) is 5.91 Å². The average Bonchev–Trinajstić information content (AvgIpc) is 2.99. The monoisotopic (exact) mass is 447 g/mol. The fourth-order valence-corrected chi connectivity index (χ4v) is 4.06. The van der Waals surface area contributed by atoms with Crippen molar-refractivity contribution in [2.45, 2.75) is 19.4 Å². The minimum Gasteiger partial charge on any atom is -0.503 e. The van der Waals surface area contributed by atoms with Crippen LogP contribution in [0.3, 0.4) is 0 Å². The minimum atomic E-state index is -0.318. The number of aliphatic hydroxyl groups excluding tert-OH is 1. The smallest absolute Gasteiger partial charge is 0.289 e. The molecule has 29 heavy (non-hydrogen) atoms. The van der Waals surface area contributed by atoms with E-state index < -0.39 is 0 Å². The van der Waals surface area contributed by atoms with Crippen LogP contribution in [0.15, 0.2) is 89.1 Å². The van der Waals surface area contributed by atoms with Gasteiger partial charge < -0.3 is 10.0 Å². The molecule has 0 aliphatic carbocycles. The van der Waals surface area contributed by atoms with E-state index in [-0.39, 0.29) is 17.7 Å². The summed E-state index contributed by atoms with van der Waals surface area (Å²) in [5.41, 5.74) is 4.83. The first-order valence-electron chi connectivity index (χ1n) is 9.65. The first-order valence-corrected chi connectivity index (χ1v) is 10.4. The predicted octanol–water partition coefficient (Wildman–Crippen LogP) is 5.85. The van der Waals surface area contributed by atoms with Gasteiger partial charge in [-0.2, -0.15) is 0 Å². The van der Waals surface area contributed by atoms with Crippen molar-refractivity contribution in [1.82, 2.24) is 4.90 Å². The van der Waals surface area contributed by atoms with Crippen LogP contribution in [-0.2, 0) is 11.2 Å². The number of benzene rings is 3. The molecule has 0 radical (unpaired) electrons. The molecule has 1 amide bonds. The van der Waals surface area contributed by atoms with Gasteiger partial charge in [-0.05, 0) is 42.2 Å². The van der Waals surface area contributed by atoms with E-state index in [1.807, 2.05) is 73.7 Å². The van der Waals surface area contributed by atoms with E-state index in [4.69, 9.17) is 0 Å². The van der Waals surface area contributed by atoms with Crippen molar-refractivity contribution in [1.29, 1.82) is 0 Å². The van der Waals surface area contributed by atoms with E-state index in [1.54, 1.807) is 4.90 Å². The van der Waals surface area contributed by atoms with Crippen LogP contribution in [-0.4, -0.2) is 22.5 Å². The Morgan fingerprint density at radius 3 is 2.24 bits per heavy atom. The number of halogens is 1. The second-order valence-corrected chi connectivity index (χ2v) is 8.23. The van der Waals surface area contributed by atoms with Gasteiger partial charge in [0.05, 0.1) is 6.04 Å². The molecule has 146 valence electrons. The highest BCUT2D eigenvalue weighted by atomic mass is 79.9.